The van der Waals surface area contributed by atoms with E-state index in [4.69, 9.17) is 16.3 Å². The monoisotopic (exact) mass is 243 g/mol. The molecule has 0 fully saturated rings. The van der Waals surface area contributed by atoms with Gasteiger partial charge in [-0.15, -0.1) is 0 Å². The number of ether oxygens (including phenoxy) is 1. The molecule has 0 aliphatic rings. The molecule has 2 aromatic rings. The van der Waals surface area contributed by atoms with Crippen LogP contribution in [0.5, 0.6) is 5.75 Å². The first-order valence-electron chi connectivity index (χ1n) is 4.23. The molecule has 0 bridgehead atoms. The lowest BCUT2D eigenvalue weighted by Gasteiger charge is -2.05. The normalized spacial score (nSPS) is 10.3. The molecule has 0 radical (unpaired) electrons. The minimum absolute atomic E-state index is 0.187. The summed E-state index contributed by atoms with van der Waals surface area (Å²) in [5.74, 6) is -0.273. The third kappa shape index (κ3) is 2.67. The highest BCUT2D eigenvalue weighted by Gasteiger charge is 2.04. The molecule has 0 unspecified atom stereocenters. The van der Waals surface area contributed by atoms with Gasteiger partial charge in [-0.1, -0.05) is 11.6 Å². The van der Waals surface area contributed by atoms with Crippen LogP contribution >= 0.6 is 23.1 Å². The van der Waals surface area contributed by atoms with E-state index in [1.165, 1.54) is 23.7 Å². The van der Waals surface area contributed by atoms with Gasteiger partial charge >= 0.3 is 0 Å². The van der Waals surface area contributed by atoms with Crippen molar-refractivity contribution in [3.05, 3.63) is 46.2 Å². The van der Waals surface area contributed by atoms with Crippen molar-refractivity contribution in [1.82, 2.24) is 4.37 Å². The molecule has 1 aromatic carbocycles. The summed E-state index contributed by atoms with van der Waals surface area (Å²) in [6.07, 6.45) is 0. The molecule has 0 atom stereocenters. The van der Waals surface area contributed by atoms with Crippen molar-refractivity contribution in [3.8, 4) is 5.75 Å². The van der Waals surface area contributed by atoms with E-state index in [1.807, 2.05) is 11.4 Å². The Kier molecular flexibility index (Phi) is 3.18. The lowest BCUT2D eigenvalue weighted by molar-refractivity contribution is 0.287. The van der Waals surface area contributed by atoms with Crippen LogP contribution in [0.15, 0.2) is 29.6 Å². The summed E-state index contributed by atoms with van der Waals surface area (Å²) in [5.41, 5.74) is 0.786. The van der Waals surface area contributed by atoms with Crippen LogP contribution in [0.25, 0.3) is 0 Å². The zero-order valence-electron chi connectivity index (χ0n) is 7.61. The molecular weight excluding hydrogens is 237 g/mol. The van der Waals surface area contributed by atoms with E-state index in [1.54, 1.807) is 6.07 Å². The zero-order chi connectivity index (χ0) is 10.7. The van der Waals surface area contributed by atoms with Gasteiger partial charge in [0.1, 0.15) is 6.61 Å². The van der Waals surface area contributed by atoms with Crippen molar-refractivity contribution in [2.24, 2.45) is 0 Å². The predicted molar refractivity (Wildman–Crippen MR) is 57.9 cm³/mol. The molecule has 15 heavy (non-hydrogen) atoms. The molecule has 0 amide bonds. The van der Waals surface area contributed by atoms with Gasteiger partial charge in [-0.25, -0.2) is 4.39 Å². The maximum absolute atomic E-state index is 13.3. The van der Waals surface area contributed by atoms with Crippen LogP contribution in [0, 0.1) is 5.82 Å². The van der Waals surface area contributed by atoms with E-state index < -0.39 is 5.82 Å². The van der Waals surface area contributed by atoms with Crippen LogP contribution in [-0.2, 0) is 6.61 Å². The Morgan fingerprint density at radius 2 is 2.27 bits per heavy atom. The summed E-state index contributed by atoms with van der Waals surface area (Å²) in [5, 5.41) is 2.20. The quantitative estimate of drug-likeness (QED) is 0.823. The molecule has 0 aliphatic heterocycles. The van der Waals surface area contributed by atoms with Gasteiger partial charge in [-0.2, -0.15) is 4.37 Å². The highest BCUT2D eigenvalue weighted by molar-refractivity contribution is 7.03. The van der Waals surface area contributed by atoms with Gasteiger partial charge in [-0.05, 0) is 35.8 Å². The highest BCUT2D eigenvalue weighted by Crippen LogP contribution is 2.21. The van der Waals surface area contributed by atoms with Crippen LogP contribution in [0.4, 0.5) is 4.39 Å². The fourth-order valence-electron chi connectivity index (χ4n) is 1.06. The number of aromatic nitrogens is 1. The largest absolute Gasteiger partial charge is 0.484 e. The molecule has 78 valence electrons. The SMILES string of the molecule is Fc1cc(Cl)ccc1OCc1ccsn1. The number of nitrogens with zero attached hydrogens (tertiary/aromatic N) is 1. The third-order valence-electron chi connectivity index (χ3n) is 1.76. The van der Waals surface area contributed by atoms with Gasteiger partial charge < -0.3 is 4.74 Å². The first-order valence-corrected chi connectivity index (χ1v) is 5.44. The molecule has 0 N–H and O–H groups in total. The fraction of sp³-hybridized carbons (Fsp3) is 0.100. The van der Waals surface area contributed by atoms with Gasteiger partial charge in [0.25, 0.3) is 0 Å². The molecule has 5 heteroatoms. The average Bonchev–Trinajstić information content (AvgIpc) is 2.69. The second kappa shape index (κ2) is 4.59. The van der Waals surface area contributed by atoms with Gasteiger partial charge in [0.2, 0.25) is 0 Å². The van der Waals surface area contributed by atoms with Crippen LogP contribution < -0.4 is 4.74 Å². The molecule has 1 heterocycles. The number of rotatable bonds is 3. The van der Waals surface area contributed by atoms with Gasteiger partial charge in [-0.3, -0.25) is 0 Å². The molecule has 2 rings (SSSR count). The number of benzene rings is 1. The van der Waals surface area contributed by atoms with E-state index in [2.05, 4.69) is 4.37 Å². The Balaban J connectivity index is 2.05. The van der Waals surface area contributed by atoms with Crippen molar-refractivity contribution in [2.45, 2.75) is 6.61 Å². The van der Waals surface area contributed by atoms with E-state index in [-0.39, 0.29) is 12.4 Å². The number of hydrogen-bond acceptors (Lipinski definition) is 3. The first kappa shape index (κ1) is 10.4. The van der Waals surface area contributed by atoms with Crippen molar-refractivity contribution >= 4 is 23.1 Å². The van der Waals surface area contributed by atoms with Gasteiger partial charge in [0.15, 0.2) is 11.6 Å². The van der Waals surface area contributed by atoms with Crippen LogP contribution in [0.3, 0.4) is 0 Å². The Morgan fingerprint density at radius 3 is 2.93 bits per heavy atom. The molecule has 0 spiro atoms. The van der Waals surface area contributed by atoms with Crippen molar-refractivity contribution < 1.29 is 9.13 Å². The smallest absolute Gasteiger partial charge is 0.166 e. The third-order valence-corrected chi connectivity index (χ3v) is 2.59. The zero-order valence-corrected chi connectivity index (χ0v) is 9.19. The molecule has 0 aliphatic carbocycles. The lowest BCUT2D eigenvalue weighted by Crippen LogP contribution is -1.97. The Bertz CT molecular complexity index is 447. The minimum atomic E-state index is -0.460. The predicted octanol–water partition coefficient (Wildman–Crippen LogP) is 3.51. The van der Waals surface area contributed by atoms with Gasteiger partial charge in [0.05, 0.1) is 5.69 Å². The summed E-state index contributed by atoms with van der Waals surface area (Å²) in [4.78, 5) is 0. The molecule has 0 saturated carbocycles. The first-order chi connectivity index (χ1) is 7.25. The van der Waals surface area contributed by atoms with E-state index in [0.29, 0.717) is 5.02 Å². The maximum atomic E-state index is 13.3. The van der Waals surface area contributed by atoms with Crippen LogP contribution in [-0.4, -0.2) is 4.37 Å². The molecular formula is C10H7ClFNOS. The Morgan fingerprint density at radius 1 is 1.40 bits per heavy atom. The van der Waals surface area contributed by atoms with Crippen molar-refractivity contribution in [2.75, 3.05) is 0 Å². The van der Waals surface area contributed by atoms with E-state index >= 15 is 0 Å². The van der Waals surface area contributed by atoms with E-state index in [0.717, 1.165) is 5.69 Å². The molecule has 1 aromatic heterocycles. The Hall–Kier alpha value is -1.13. The minimum Gasteiger partial charge on any atom is -0.484 e. The van der Waals surface area contributed by atoms with Crippen LogP contribution in [0.1, 0.15) is 5.69 Å². The highest BCUT2D eigenvalue weighted by atomic mass is 35.5. The van der Waals surface area contributed by atoms with E-state index in [9.17, 15) is 4.39 Å². The van der Waals surface area contributed by atoms with Crippen molar-refractivity contribution in [3.63, 3.8) is 0 Å². The van der Waals surface area contributed by atoms with Crippen molar-refractivity contribution in [1.29, 1.82) is 0 Å². The summed E-state index contributed by atoms with van der Waals surface area (Å²) in [6, 6.07) is 6.14. The summed E-state index contributed by atoms with van der Waals surface area (Å²) in [6.45, 7) is 0.266. The standard InChI is InChI=1S/C10H7ClFNOS/c11-7-1-2-10(9(12)5-7)14-6-8-3-4-15-13-8/h1-5H,6H2. The second-order valence-electron chi connectivity index (χ2n) is 2.85. The summed E-state index contributed by atoms with van der Waals surface area (Å²) in [7, 11) is 0. The number of halogens is 2. The topological polar surface area (TPSA) is 22.1 Å². The fourth-order valence-corrected chi connectivity index (χ4v) is 1.74. The molecule has 0 saturated heterocycles. The second-order valence-corrected chi connectivity index (χ2v) is 3.96. The maximum Gasteiger partial charge on any atom is 0.166 e. The summed E-state index contributed by atoms with van der Waals surface area (Å²) >= 11 is 6.95. The van der Waals surface area contributed by atoms with Gasteiger partial charge in [0, 0.05) is 10.4 Å². The average molecular weight is 244 g/mol. The molecule has 2 nitrogen and oxygen atoms in total. The number of hydrogen-bond donors (Lipinski definition) is 0. The summed E-state index contributed by atoms with van der Waals surface area (Å²) < 4.78 is 22.5. The lowest BCUT2D eigenvalue weighted by atomic mass is 10.3. The van der Waals surface area contributed by atoms with Crippen LogP contribution in [0.2, 0.25) is 5.02 Å². The Labute approximate surface area is 95.4 Å².